The van der Waals surface area contributed by atoms with Crippen molar-refractivity contribution in [1.29, 1.82) is 0 Å². The predicted octanol–water partition coefficient (Wildman–Crippen LogP) is 1.53. The van der Waals surface area contributed by atoms with Gasteiger partial charge in [0.2, 0.25) is 0 Å². The van der Waals surface area contributed by atoms with Crippen LogP contribution in [0.15, 0.2) is 0 Å². The summed E-state index contributed by atoms with van der Waals surface area (Å²) >= 11 is 0. The van der Waals surface area contributed by atoms with Crippen LogP contribution in [0.4, 0.5) is 0 Å². The molecule has 2 heterocycles. The van der Waals surface area contributed by atoms with Crippen LogP contribution >= 0.6 is 0 Å². The molecule has 0 radical (unpaired) electrons. The zero-order valence-electron chi connectivity index (χ0n) is 11.6. The van der Waals surface area contributed by atoms with Gasteiger partial charge in [-0.2, -0.15) is 0 Å². The molecule has 0 aromatic carbocycles. The highest BCUT2D eigenvalue weighted by atomic mass is 15.2. The van der Waals surface area contributed by atoms with Crippen LogP contribution in [0.25, 0.3) is 0 Å². The number of hydrogen-bond donors (Lipinski definition) is 1. The number of piperidine rings is 2. The maximum absolute atomic E-state index is 5.94. The molecule has 2 saturated heterocycles. The summed E-state index contributed by atoms with van der Waals surface area (Å²) in [6.45, 7) is 11.0. The largest absolute Gasteiger partial charge is 0.328 e. The summed E-state index contributed by atoms with van der Waals surface area (Å²) in [6, 6.07) is 1.24. The Morgan fingerprint density at radius 1 is 1.00 bits per heavy atom. The minimum atomic E-state index is 0.459. The lowest BCUT2D eigenvalue weighted by molar-refractivity contribution is 0.104. The summed E-state index contributed by atoms with van der Waals surface area (Å²) in [6.07, 6.45) is 5.14. The van der Waals surface area contributed by atoms with Crippen LogP contribution in [0, 0.1) is 5.92 Å². The van der Waals surface area contributed by atoms with E-state index in [0.717, 1.165) is 12.0 Å². The van der Waals surface area contributed by atoms with Crippen LogP contribution in [0.2, 0.25) is 0 Å². The molecule has 0 spiro atoms. The Hall–Kier alpha value is -0.120. The van der Waals surface area contributed by atoms with E-state index >= 15 is 0 Å². The summed E-state index contributed by atoms with van der Waals surface area (Å²) in [5, 5.41) is 0. The van der Waals surface area contributed by atoms with Gasteiger partial charge in [0.05, 0.1) is 0 Å². The molecule has 0 aliphatic carbocycles. The van der Waals surface area contributed by atoms with Crippen molar-refractivity contribution in [2.24, 2.45) is 11.7 Å². The van der Waals surface area contributed by atoms with Crippen molar-refractivity contribution in [3.8, 4) is 0 Å². The Morgan fingerprint density at radius 3 is 2.35 bits per heavy atom. The fourth-order valence-corrected chi connectivity index (χ4v) is 3.23. The summed E-state index contributed by atoms with van der Waals surface area (Å²) in [4.78, 5) is 5.27. The Kier molecular flexibility index (Phi) is 4.83. The zero-order valence-corrected chi connectivity index (χ0v) is 11.6. The molecule has 2 aliphatic heterocycles. The second-order valence-corrected chi connectivity index (χ2v) is 6.19. The highest BCUT2D eigenvalue weighted by Gasteiger charge is 2.23. The first-order valence-corrected chi connectivity index (χ1v) is 7.37. The molecule has 2 aliphatic rings. The van der Waals surface area contributed by atoms with E-state index in [1.165, 1.54) is 58.4 Å². The Bertz CT molecular complexity index is 224. The van der Waals surface area contributed by atoms with E-state index in [1.54, 1.807) is 0 Å². The molecule has 0 aromatic rings. The van der Waals surface area contributed by atoms with Crippen molar-refractivity contribution >= 4 is 0 Å². The minimum Gasteiger partial charge on any atom is -0.328 e. The number of hydrogen-bond acceptors (Lipinski definition) is 3. The molecule has 0 amide bonds. The van der Waals surface area contributed by atoms with Crippen LogP contribution in [0.1, 0.15) is 39.5 Å². The van der Waals surface area contributed by atoms with E-state index in [-0.39, 0.29) is 0 Å². The van der Waals surface area contributed by atoms with Gasteiger partial charge in [-0.25, -0.2) is 0 Å². The molecule has 2 rings (SSSR count). The van der Waals surface area contributed by atoms with Crippen molar-refractivity contribution in [3.63, 3.8) is 0 Å². The van der Waals surface area contributed by atoms with E-state index in [1.807, 2.05) is 0 Å². The number of rotatable bonds is 3. The fraction of sp³-hybridized carbons (Fsp3) is 1.00. The van der Waals surface area contributed by atoms with Crippen LogP contribution < -0.4 is 5.73 Å². The van der Waals surface area contributed by atoms with Crippen LogP contribution in [-0.2, 0) is 0 Å². The topological polar surface area (TPSA) is 32.5 Å². The Balaban J connectivity index is 1.67. The average Bonchev–Trinajstić information content (AvgIpc) is 2.30. The van der Waals surface area contributed by atoms with Gasteiger partial charge in [-0.15, -0.1) is 0 Å². The van der Waals surface area contributed by atoms with Gasteiger partial charge >= 0.3 is 0 Å². The normalized spacial score (nSPS) is 34.1. The molecule has 2 N–H and O–H groups in total. The number of nitrogens with zero attached hydrogens (tertiary/aromatic N) is 2. The molecule has 2 fully saturated rings. The first-order valence-electron chi connectivity index (χ1n) is 7.37. The third-order valence-electron chi connectivity index (χ3n) is 4.61. The van der Waals surface area contributed by atoms with E-state index in [0.29, 0.717) is 6.04 Å². The van der Waals surface area contributed by atoms with E-state index in [9.17, 15) is 0 Å². The van der Waals surface area contributed by atoms with Crippen LogP contribution in [-0.4, -0.2) is 54.6 Å². The first-order chi connectivity index (χ1) is 8.15. The van der Waals surface area contributed by atoms with E-state index < -0.39 is 0 Å². The van der Waals surface area contributed by atoms with Crippen molar-refractivity contribution < 1.29 is 0 Å². The first kappa shape index (κ1) is 13.3. The second-order valence-electron chi connectivity index (χ2n) is 6.19. The van der Waals surface area contributed by atoms with Crippen LogP contribution in [0.5, 0.6) is 0 Å². The van der Waals surface area contributed by atoms with Crippen LogP contribution in [0.3, 0.4) is 0 Å². The maximum Gasteiger partial charge on any atom is 0.0112 e. The van der Waals surface area contributed by atoms with Gasteiger partial charge in [0.25, 0.3) is 0 Å². The van der Waals surface area contributed by atoms with E-state index in [4.69, 9.17) is 5.73 Å². The van der Waals surface area contributed by atoms with Gasteiger partial charge < -0.3 is 10.6 Å². The molecule has 3 nitrogen and oxygen atoms in total. The van der Waals surface area contributed by atoms with E-state index in [2.05, 4.69) is 23.6 Å². The smallest absolute Gasteiger partial charge is 0.0112 e. The molecular weight excluding hydrogens is 210 g/mol. The van der Waals surface area contributed by atoms with Gasteiger partial charge in [0.1, 0.15) is 0 Å². The van der Waals surface area contributed by atoms with Gasteiger partial charge in [0.15, 0.2) is 0 Å². The molecule has 0 bridgehead atoms. The molecule has 0 aromatic heterocycles. The highest BCUT2D eigenvalue weighted by Crippen LogP contribution is 2.21. The summed E-state index contributed by atoms with van der Waals surface area (Å²) in [5.74, 6) is 0.925. The third kappa shape index (κ3) is 3.94. The van der Waals surface area contributed by atoms with Crippen molar-refractivity contribution in [2.45, 2.75) is 51.6 Å². The molecule has 2 unspecified atom stereocenters. The lowest BCUT2D eigenvalue weighted by Gasteiger charge is -2.38. The molecular formula is C14H29N3. The lowest BCUT2D eigenvalue weighted by atomic mass is 9.93. The summed E-state index contributed by atoms with van der Waals surface area (Å²) in [7, 11) is 0. The standard InChI is InChI=1S/C14H29N3/c1-12-3-8-17(13(2)11-12)10-9-16-6-4-14(15)5-7-16/h12-14H,3-11,15H2,1-2H3. The quantitative estimate of drug-likeness (QED) is 0.811. The highest BCUT2D eigenvalue weighted by molar-refractivity contribution is 4.79. The third-order valence-corrected chi connectivity index (χ3v) is 4.61. The lowest BCUT2D eigenvalue weighted by Crippen LogP contribution is -2.47. The second kappa shape index (κ2) is 6.17. The van der Waals surface area contributed by atoms with Gasteiger partial charge in [-0.05, 0) is 58.2 Å². The van der Waals surface area contributed by atoms with Gasteiger partial charge in [-0.1, -0.05) is 6.92 Å². The molecule has 3 heteroatoms. The summed E-state index contributed by atoms with van der Waals surface area (Å²) in [5.41, 5.74) is 5.94. The van der Waals surface area contributed by atoms with Gasteiger partial charge in [-0.3, -0.25) is 4.90 Å². The fourth-order valence-electron chi connectivity index (χ4n) is 3.23. The van der Waals surface area contributed by atoms with Crippen molar-refractivity contribution in [2.75, 3.05) is 32.7 Å². The SMILES string of the molecule is CC1CCN(CCN2CCC(N)CC2)C(C)C1. The van der Waals surface area contributed by atoms with Crippen molar-refractivity contribution in [3.05, 3.63) is 0 Å². The average molecular weight is 239 g/mol. The molecule has 100 valence electrons. The van der Waals surface area contributed by atoms with Crippen molar-refractivity contribution in [1.82, 2.24) is 9.80 Å². The molecule has 0 saturated carbocycles. The molecule has 2 atom stereocenters. The van der Waals surface area contributed by atoms with Gasteiger partial charge in [0, 0.05) is 25.2 Å². The Labute approximate surface area is 106 Å². The summed E-state index contributed by atoms with van der Waals surface area (Å²) < 4.78 is 0. The minimum absolute atomic E-state index is 0.459. The Morgan fingerprint density at radius 2 is 1.71 bits per heavy atom. The number of nitrogens with two attached hydrogens (primary N) is 1. The zero-order chi connectivity index (χ0) is 12.3. The number of likely N-dealkylation sites (tertiary alicyclic amines) is 2. The maximum atomic E-state index is 5.94. The monoisotopic (exact) mass is 239 g/mol. The molecule has 17 heavy (non-hydrogen) atoms. The predicted molar refractivity (Wildman–Crippen MR) is 73.1 cm³/mol.